The Hall–Kier alpha value is -7.33. The molecule has 0 spiro atoms. The van der Waals surface area contributed by atoms with E-state index in [1.807, 2.05) is 0 Å². The number of carboxylic acid groups (broad SMARTS) is 2. The van der Waals surface area contributed by atoms with Gasteiger partial charge in [0.15, 0.2) is 24.1 Å². The van der Waals surface area contributed by atoms with Crippen LogP contribution in [0.25, 0.3) is 0 Å². The van der Waals surface area contributed by atoms with Gasteiger partial charge in [0.05, 0.1) is 109 Å². The molecule has 0 aromatic carbocycles. The maximum Gasteiger partial charge on any atom is 0.407 e. The molecule has 11 atom stereocenters. The average Bonchev–Trinajstić information content (AvgIpc) is 3.39. The van der Waals surface area contributed by atoms with Crippen LogP contribution >= 0.6 is 0 Å². The molecule has 0 fully saturated rings. The normalized spacial score (nSPS) is 20.3. The molecule has 0 saturated heterocycles. The van der Waals surface area contributed by atoms with Gasteiger partial charge in [-0.15, -0.1) is 6.42 Å². The van der Waals surface area contributed by atoms with Gasteiger partial charge in [0.25, 0.3) is 0 Å². The van der Waals surface area contributed by atoms with Crippen molar-refractivity contribution in [1.29, 1.82) is 10.8 Å². The smallest absolute Gasteiger partial charge is 0.407 e. The van der Waals surface area contributed by atoms with E-state index in [1.54, 1.807) is 0 Å². The third-order valence-corrected chi connectivity index (χ3v) is 10.9. The van der Waals surface area contributed by atoms with Crippen LogP contribution in [0.4, 0.5) is 9.59 Å². The second-order valence-electron chi connectivity index (χ2n) is 17.1. The number of hydrogen-bond acceptors (Lipinski definition) is 23. The summed E-state index contributed by atoms with van der Waals surface area (Å²) in [4.78, 5) is 86.8. The maximum absolute atomic E-state index is 13.0. The first-order valence-electron chi connectivity index (χ1n) is 24.8. The highest BCUT2D eigenvalue weighted by molar-refractivity contribution is 5.86. The van der Waals surface area contributed by atoms with Gasteiger partial charge in [-0.1, -0.05) is 5.92 Å². The van der Waals surface area contributed by atoms with E-state index in [-0.39, 0.29) is 65.6 Å². The Bertz CT molecular complexity index is 2120. The van der Waals surface area contributed by atoms with E-state index in [1.165, 1.54) is 0 Å². The standard InChI is InChI=1S/C46H75N11O23/c1-4-9-71-14-16-73-18-19-74-17-15-72-10-6-34(64)55-27(24-78-46(70)52-8-13-76-38(31(63)23-59)40-36(54-26(3)61)29(57-44(49)50)21-33(80-40)42(67)68)5-11-77-45(69)51-7-12-75-37(30(62)22-58)39-35(53-25(2)60)28(56-43(47)48)20-32(79-39)41(65)66/h1,20-21,27-31,35-40,58-59,62-63H,5-19,22-24H2,2-3H3,(H,51,69)(H,52,70)(H,53,60)(H,54,61)(H,55,64)(H,65,66)(H,67,68)(H4,47,48,56)(H4,49,50,57)/t27-,28-,29-,30+,31+,35+,36+,37+,38+,39+,40+/m0/s1. The summed E-state index contributed by atoms with van der Waals surface area (Å²) >= 11 is 0. The Morgan fingerprint density at radius 1 is 0.650 bits per heavy atom. The number of ether oxygens (including phenoxy) is 10. The van der Waals surface area contributed by atoms with Crippen LogP contribution in [-0.2, 0) is 71.3 Å². The number of aliphatic hydroxyl groups excluding tert-OH is 4. The van der Waals surface area contributed by atoms with Crippen LogP contribution in [0.1, 0.15) is 26.7 Å². The molecule has 0 bridgehead atoms. The van der Waals surface area contributed by atoms with Crippen molar-refractivity contribution < 1.29 is 112 Å². The van der Waals surface area contributed by atoms with Gasteiger partial charge in [0.1, 0.15) is 37.6 Å². The Morgan fingerprint density at radius 2 is 1.07 bits per heavy atom. The van der Waals surface area contributed by atoms with E-state index in [4.69, 9.17) is 76.1 Å². The number of amides is 5. The summed E-state index contributed by atoms with van der Waals surface area (Å²) in [7, 11) is 0. The quantitative estimate of drug-likeness (QED) is 0.0118. The van der Waals surface area contributed by atoms with Gasteiger partial charge in [-0.3, -0.25) is 25.2 Å². The van der Waals surface area contributed by atoms with E-state index >= 15 is 0 Å². The minimum absolute atomic E-state index is 0.0389. The molecule has 80 heavy (non-hydrogen) atoms. The molecule has 452 valence electrons. The van der Waals surface area contributed by atoms with Gasteiger partial charge in [0.2, 0.25) is 29.2 Å². The molecule has 0 aromatic heterocycles. The van der Waals surface area contributed by atoms with E-state index < -0.39 is 165 Å². The lowest BCUT2D eigenvalue weighted by molar-refractivity contribution is -0.154. The number of alkyl carbamates (subject to hydrolysis) is 2. The molecule has 2 rings (SSSR count). The summed E-state index contributed by atoms with van der Waals surface area (Å²) in [5.41, 5.74) is 11.0. The summed E-state index contributed by atoms with van der Waals surface area (Å²) in [6, 6.07) is -5.72. The number of hydrogen-bond donors (Lipinski definition) is 17. The van der Waals surface area contributed by atoms with Gasteiger partial charge in [0, 0.05) is 39.8 Å². The minimum atomic E-state index is -1.73. The van der Waals surface area contributed by atoms with Crippen LogP contribution < -0.4 is 48.7 Å². The first kappa shape index (κ1) is 68.8. The van der Waals surface area contributed by atoms with E-state index in [2.05, 4.69) is 43.1 Å². The molecular formula is C46H75N11O23. The maximum atomic E-state index is 13.0. The number of aliphatic carboxylic acids is 2. The molecule has 0 radical (unpaired) electrons. The Kier molecular flexibility index (Phi) is 32.9. The van der Waals surface area contributed by atoms with Crippen molar-refractivity contribution in [2.24, 2.45) is 11.5 Å². The number of nitrogens with two attached hydrogens (primary N) is 2. The van der Waals surface area contributed by atoms with Crippen molar-refractivity contribution in [2.45, 2.75) is 93.5 Å². The molecule has 19 N–H and O–H groups in total. The average molecular weight is 1150 g/mol. The summed E-state index contributed by atoms with van der Waals surface area (Å²) in [6.45, 7) is -0.162. The van der Waals surface area contributed by atoms with Crippen LogP contribution in [0.5, 0.6) is 0 Å². The van der Waals surface area contributed by atoms with Gasteiger partial charge < -0.3 is 127 Å². The molecule has 2 aliphatic rings. The van der Waals surface area contributed by atoms with Crippen LogP contribution in [0, 0.1) is 23.2 Å². The predicted molar refractivity (Wildman–Crippen MR) is 272 cm³/mol. The van der Waals surface area contributed by atoms with Crippen molar-refractivity contribution >= 4 is 53.8 Å². The van der Waals surface area contributed by atoms with Crippen LogP contribution in [0.2, 0.25) is 0 Å². The zero-order valence-electron chi connectivity index (χ0n) is 44.1. The lowest BCUT2D eigenvalue weighted by Crippen LogP contribution is -2.64. The highest BCUT2D eigenvalue weighted by Crippen LogP contribution is 2.26. The predicted octanol–water partition coefficient (Wildman–Crippen LogP) is -6.67. The second-order valence-corrected chi connectivity index (χ2v) is 17.1. The number of carbonyl (C=O) groups excluding carboxylic acids is 5. The lowest BCUT2D eigenvalue weighted by atomic mass is 9.91. The fraction of sp³-hybridized carbons (Fsp3) is 0.674. The Balaban J connectivity index is 2.07. The van der Waals surface area contributed by atoms with Crippen LogP contribution in [0.3, 0.4) is 0 Å². The van der Waals surface area contributed by atoms with Crippen molar-refractivity contribution in [3.8, 4) is 12.3 Å². The molecule has 0 aliphatic carbocycles. The SMILES string of the molecule is C#CCOCCOCCOCCOCCC(=O)N[C@@H](CCOC(=O)NCCO[C@@H]([C@@H]1OC(C(=O)O)=C[C@H](NC(=N)N)[C@H]1NC(C)=O)[C@H](O)CO)COC(=O)NCCO[C@@H]([C@@H]1OC(C(=O)O)=C[C@H](NC(=N)N)[C@H]1NC(C)=O)[C@H](O)CO. The van der Waals surface area contributed by atoms with Crippen molar-refractivity contribution in [2.75, 3.05) is 106 Å². The first-order chi connectivity index (χ1) is 38.1. The van der Waals surface area contributed by atoms with E-state index in [0.29, 0.717) is 19.8 Å². The van der Waals surface area contributed by atoms with Gasteiger partial charge in [-0.05, 0) is 12.2 Å². The fourth-order valence-corrected chi connectivity index (χ4v) is 7.46. The lowest BCUT2D eigenvalue weighted by Gasteiger charge is -2.41. The molecule has 2 heterocycles. The van der Waals surface area contributed by atoms with Crippen molar-refractivity contribution in [1.82, 2.24) is 37.2 Å². The summed E-state index contributed by atoms with van der Waals surface area (Å²) in [5, 5.41) is 93.3. The molecule has 0 saturated carbocycles. The first-order valence-corrected chi connectivity index (χ1v) is 24.8. The number of carbonyl (C=O) groups is 7. The number of aliphatic hydroxyl groups is 4. The largest absolute Gasteiger partial charge is 0.478 e. The summed E-state index contributed by atoms with van der Waals surface area (Å²) in [5.74, 6) is -5.05. The van der Waals surface area contributed by atoms with Gasteiger partial charge in [-0.25, -0.2) is 19.2 Å². The van der Waals surface area contributed by atoms with Gasteiger partial charge in [-0.2, -0.15) is 0 Å². The van der Waals surface area contributed by atoms with Crippen LogP contribution in [-0.4, -0.2) is 257 Å². The molecule has 5 amide bonds. The highest BCUT2D eigenvalue weighted by atomic mass is 16.6. The number of guanidine groups is 2. The third kappa shape index (κ3) is 27.0. The molecule has 34 nitrogen and oxygen atoms in total. The molecular weight excluding hydrogens is 1070 g/mol. The summed E-state index contributed by atoms with van der Waals surface area (Å²) < 4.78 is 54.5. The zero-order chi connectivity index (χ0) is 59.6. The molecule has 34 heteroatoms. The number of carboxylic acids is 2. The molecule has 0 aromatic rings. The number of terminal acetylenes is 1. The molecule has 0 unspecified atom stereocenters. The second kappa shape index (κ2) is 38.3. The topological polar surface area (TPSA) is 517 Å². The Morgan fingerprint density at radius 3 is 1.48 bits per heavy atom. The monoisotopic (exact) mass is 1150 g/mol. The van der Waals surface area contributed by atoms with E-state index in [9.17, 15) is 64.2 Å². The van der Waals surface area contributed by atoms with E-state index in [0.717, 1.165) is 26.0 Å². The number of rotatable bonds is 39. The zero-order valence-corrected chi connectivity index (χ0v) is 44.1. The van der Waals surface area contributed by atoms with Crippen molar-refractivity contribution in [3.63, 3.8) is 0 Å². The minimum Gasteiger partial charge on any atom is -0.478 e. The Labute approximate surface area is 459 Å². The van der Waals surface area contributed by atoms with Gasteiger partial charge >= 0.3 is 24.1 Å². The highest BCUT2D eigenvalue weighted by Gasteiger charge is 2.46. The third-order valence-electron chi connectivity index (χ3n) is 10.9. The fourth-order valence-electron chi connectivity index (χ4n) is 7.46. The van der Waals surface area contributed by atoms with Crippen molar-refractivity contribution in [3.05, 3.63) is 23.7 Å². The summed E-state index contributed by atoms with van der Waals surface area (Å²) in [6.07, 6.45) is -4.71. The molecule has 2 aliphatic heterocycles. The van der Waals surface area contributed by atoms with Crippen LogP contribution in [0.15, 0.2) is 23.7 Å². The number of nitrogens with one attached hydrogen (secondary N) is 9.